The molecule has 55 heavy (non-hydrogen) atoms. The molecule has 5 nitrogen and oxygen atoms in total. The first-order chi connectivity index (χ1) is 27.2. The first-order valence-corrected chi connectivity index (χ1v) is 18.3. The van der Waals surface area contributed by atoms with Crippen LogP contribution in [0.5, 0.6) is 0 Å². The number of aromatic nitrogens is 3. The quantitative estimate of drug-likeness (QED) is 0.184. The molecule has 0 unspecified atom stereocenters. The lowest BCUT2D eigenvalue weighted by Gasteiger charge is -2.19. The van der Waals surface area contributed by atoms with E-state index in [-0.39, 0.29) is 0 Å². The summed E-state index contributed by atoms with van der Waals surface area (Å²) in [7, 11) is 0. The van der Waals surface area contributed by atoms with E-state index in [0.29, 0.717) is 11.1 Å². The SMILES string of the molecule is N#Cc1ccc2c(c1)c1ccccc1n2-c1c(C#N)cccc1-c1ccccc1-n1c2ccccc2c2c1ccc1c3ccccc3n(-c3ccccc3)c12. The summed E-state index contributed by atoms with van der Waals surface area (Å²) in [6, 6.07) is 65.9. The number of hydrogen-bond donors (Lipinski definition) is 0. The maximum atomic E-state index is 10.7. The van der Waals surface area contributed by atoms with Crippen LogP contribution in [0.25, 0.3) is 93.6 Å². The molecule has 254 valence electrons. The molecule has 0 saturated heterocycles. The van der Waals surface area contributed by atoms with Gasteiger partial charge in [-0.2, -0.15) is 10.5 Å². The summed E-state index contributed by atoms with van der Waals surface area (Å²) in [5, 5.41) is 27.3. The van der Waals surface area contributed by atoms with E-state index in [2.05, 4.69) is 159 Å². The van der Waals surface area contributed by atoms with E-state index in [1.807, 2.05) is 42.5 Å². The number of rotatable bonds is 4. The van der Waals surface area contributed by atoms with Gasteiger partial charge in [0.05, 0.1) is 61.7 Å². The zero-order valence-electron chi connectivity index (χ0n) is 29.5. The van der Waals surface area contributed by atoms with Crippen molar-refractivity contribution in [2.75, 3.05) is 0 Å². The topological polar surface area (TPSA) is 62.4 Å². The van der Waals surface area contributed by atoms with Crippen molar-refractivity contribution in [3.63, 3.8) is 0 Å². The Hall–Kier alpha value is -7.86. The Labute approximate surface area is 316 Å². The zero-order valence-corrected chi connectivity index (χ0v) is 29.5. The van der Waals surface area contributed by atoms with Gasteiger partial charge < -0.3 is 13.7 Å². The predicted octanol–water partition coefficient (Wildman–Crippen LogP) is 12.4. The highest BCUT2D eigenvalue weighted by molar-refractivity contribution is 6.26. The number of benzene rings is 8. The molecule has 0 fully saturated rings. The molecule has 0 radical (unpaired) electrons. The first kappa shape index (κ1) is 30.7. The highest BCUT2D eigenvalue weighted by atomic mass is 15.0. The van der Waals surface area contributed by atoms with Crippen LogP contribution in [-0.2, 0) is 0 Å². The van der Waals surface area contributed by atoms with E-state index < -0.39 is 0 Å². The Morgan fingerprint density at radius 3 is 1.75 bits per heavy atom. The molecular weight excluding hydrogens is 671 g/mol. The Morgan fingerprint density at radius 2 is 0.982 bits per heavy atom. The lowest BCUT2D eigenvalue weighted by molar-refractivity contribution is 1.15. The van der Waals surface area contributed by atoms with Crippen molar-refractivity contribution in [1.82, 2.24) is 13.7 Å². The molecule has 11 aromatic rings. The summed E-state index contributed by atoms with van der Waals surface area (Å²) in [4.78, 5) is 0. The van der Waals surface area contributed by atoms with Crippen LogP contribution in [-0.4, -0.2) is 13.7 Å². The van der Waals surface area contributed by atoms with Gasteiger partial charge >= 0.3 is 0 Å². The first-order valence-electron chi connectivity index (χ1n) is 18.3. The van der Waals surface area contributed by atoms with Gasteiger partial charge in [-0.1, -0.05) is 109 Å². The van der Waals surface area contributed by atoms with Crippen molar-refractivity contribution in [3.05, 3.63) is 187 Å². The van der Waals surface area contributed by atoms with Crippen molar-refractivity contribution in [1.29, 1.82) is 10.5 Å². The summed E-state index contributed by atoms with van der Waals surface area (Å²) in [5.41, 5.74) is 12.5. The van der Waals surface area contributed by atoms with E-state index in [0.717, 1.165) is 61.0 Å². The summed E-state index contributed by atoms with van der Waals surface area (Å²) >= 11 is 0. The number of fused-ring (bicyclic) bond motifs is 10. The minimum Gasteiger partial charge on any atom is -0.309 e. The van der Waals surface area contributed by atoms with E-state index in [9.17, 15) is 10.5 Å². The monoisotopic (exact) mass is 699 g/mol. The third-order valence-electron chi connectivity index (χ3n) is 11.1. The Balaban J connectivity index is 1.26. The fraction of sp³-hybridized carbons (Fsp3) is 0. The van der Waals surface area contributed by atoms with E-state index in [1.165, 1.54) is 32.6 Å². The van der Waals surface area contributed by atoms with Gasteiger partial charge in [0.25, 0.3) is 0 Å². The summed E-state index contributed by atoms with van der Waals surface area (Å²) in [6.45, 7) is 0. The standard InChI is InChI=1S/C50H29N5/c51-30-32-25-27-46-41(29-32)37-18-6-10-23-44(37)55(46)49-33(31-52)13-12-20-38(49)35-16-5-9-22-43(35)54-45-24-11-7-19-40(45)48-47(54)28-26-39-36-17-4-8-21-42(36)53(50(39)48)34-14-2-1-3-15-34/h1-29H. The van der Waals surface area contributed by atoms with Crippen LogP contribution in [0.15, 0.2) is 176 Å². The number of hydrogen-bond acceptors (Lipinski definition) is 2. The van der Waals surface area contributed by atoms with Crippen LogP contribution in [0.3, 0.4) is 0 Å². The van der Waals surface area contributed by atoms with Crippen molar-refractivity contribution in [3.8, 4) is 40.3 Å². The normalized spacial score (nSPS) is 11.6. The third kappa shape index (κ3) is 4.33. The molecule has 0 aliphatic carbocycles. The second-order valence-electron chi connectivity index (χ2n) is 13.9. The van der Waals surface area contributed by atoms with Crippen molar-refractivity contribution in [2.45, 2.75) is 0 Å². The summed E-state index contributed by atoms with van der Waals surface area (Å²) < 4.78 is 6.99. The Bertz CT molecular complexity index is 3450. The van der Waals surface area contributed by atoms with Crippen LogP contribution in [0.2, 0.25) is 0 Å². The van der Waals surface area contributed by atoms with Gasteiger partial charge in [0.1, 0.15) is 6.07 Å². The Morgan fingerprint density at radius 1 is 0.382 bits per heavy atom. The molecule has 0 N–H and O–H groups in total. The molecule has 0 aliphatic rings. The molecule has 5 heteroatoms. The minimum atomic E-state index is 0.565. The maximum absolute atomic E-state index is 10.7. The maximum Gasteiger partial charge on any atom is 0.101 e. The van der Waals surface area contributed by atoms with E-state index >= 15 is 0 Å². The smallest absolute Gasteiger partial charge is 0.101 e. The number of para-hydroxylation sites is 6. The molecule has 11 rings (SSSR count). The van der Waals surface area contributed by atoms with Gasteiger partial charge in [-0.05, 0) is 66.7 Å². The largest absolute Gasteiger partial charge is 0.309 e. The van der Waals surface area contributed by atoms with Crippen molar-refractivity contribution in [2.24, 2.45) is 0 Å². The van der Waals surface area contributed by atoms with Gasteiger partial charge in [-0.25, -0.2) is 0 Å². The number of nitrogens with zero attached hydrogens (tertiary/aromatic N) is 5. The van der Waals surface area contributed by atoms with E-state index in [4.69, 9.17) is 0 Å². The second-order valence-corrected chi connectivity index (χ2v) is 13.9. The molecule has 0 spiro atoms. The molecule has 0 bridgehead atoms. The molecule has 8 aromatic carbocycles. The van der Waals surface area contributed by atoms with Crippen LogP contribution >= 0.6 is 0 Å². The van der Waals surface area contributed by atoms with Crippen molar-refractivity contribution >= 4 is 65.4 Å². The molecule has 0 amide bonds. The van der Waals surface area contributed by atoms with Gasteiger partial charge in [0.15, 0.2) is 0 Å². The van der Waals surface area contributed by atoms with Crippen LogP contribution in [0.1, 0.15) is 11.1 Å². The third-order valence-corrected chi connectivity index (χ3v) is 11.1. The number of nitriles is 2. The molecule has 0 atom stereocenters. The minimum absolute atomic E-state index is 0.565. The van der Waals surface area contributed by atoms with Gasteiger partial charge in [0.2, 0.25) is 0 Å². The van der Waals surface area contributed by atoms with Gasteiger partial charge in [-0.3, -0.25) is 0 Å². The Kier molecular flexibility index (Phi) is 6.61. The predicted molar refractivity (Wildman–Crippen MR) is 224 cm³/mol. The summed E-state index contributed by atoms with van der Waals surface area (Å²) in [6.07, 6.45) is 0. The average molecular weight is 700 g/mol. The average Bonchev–Trinajstić information content (AvgIpc) is 3.89. The fourth-order valence-electron chi connectivity index (χ4n) is 8.89. The van der Waals surface area contributed by atoms with Crippen LogP contribution in [0, 0.1) is 22.7 Å². The summed E-state index contributed by atoms with van der Waals surface area (Å²) in [5.74, 6) is 0. The van der Waals surface area contributed by atoms with E-state index in [1.54, 1.807) is 0 Å². The zero-order chi connectivity index (χ0) is 36.6. The van der Waals surface area contributed by atoms with Crippen molar-refractivity contribution < 1.29 is 0 Å². The highest BCUT2D eigenvalue weighted by Gasteiger charge is 2.24. The lowest BCUT2D eigenvalue weighted by Crippen LogP contribution is -2.03. The second kappa shape index (κ2) is 11.8. The lowest BCUT2D eigenvalue weighted by atomic mass is 9.98. The fourth-order valence-corrected chi connectivity index (χ4v) is 8.89. The highest BCUT2D eigenvalue weighted by Crippen LogP contribution is 2.45. The molecule has 3 aromatic heterocycles. The molecule has 0 aliphatic heterocycles. The van der Waals surface area contributed by atoms with Gasteiger partial charge in [0, 0.05) is 49.1 Å². The molecule has 0 saturated carbocycles. The molecule has 3 heterocycles. The van der Waals surface area contributed by atoms with Crippen LogP contribution < -0.4 is 0 Å². The van der Waals surface area contributed by atoms with Gasteiger partial charge in [-0.15, -0.1) is 0 Å². The molecular formula is C50H29N5. The van der Waals surface area contributed by atoms with Crippen LogP contribution in [0.4, 0.5) is 0 Å².